The van der Waals surface area contributed by atoms with Crippen molar-refractivity contribution in [2.24, 2.45) is 22.9 Å². The van der Waals surface area contributed by atoms with Gasteiger partial charge in [-0.25, -0.2) is 0 Å². The molecule has 0 aliphatic heterocycles. The van der Waals surface area contributed by atoms with Crippen molar-refractivity contribution in [3.8, 4) is 0 Å². The molecular formula is C22H27NO. The molecule has 2 bridgehead atoms. The molecule has 0 heterocycles. The molecule has 0 spiro atoms. The largest absolute Gasteiger partial charge is 0.399 e. The summed E-state index contributed by atoms with van der Waals surface area (Å²) in [6, 6.07) is 15.9. The topological polar surface area (TPSA) is 21.6 Å². The molecule has 2 saturated carbocycles. The van der Waals surface area contributed by atoms with Crippen LogP contribution in [0.25, 0.3) is 10.8 Å². The maximum Gasteiger partial charge on any atom is 0.106 e. The van der Waals surface area contributed by atoms with Crippen LogP contribution in [0.4, 0.5) is 0 Å². The highest BCUT2D eigenvalue weighted by Gasteiger charge is 2.41. The molecule has 2 aliphatic rings. The van der Waals surface area contributed by atoms with Gasteiger partial charge < -0.3 is 4.84 Å². The second kappa shape index (κ2) is 6.96. The second-order valence-corrected chi connectivity index (χ2v) is 7.60. The fourth-order valence-corrected chi connectivity index (χ4v) is 5.23. The molecule has 0 amide bonds. The molecule has 0 N–H and O–H groups in total. The zero-order valence-corrected chi connectivity index (χ0v) is 14.5. The van der Waals surface area contributed by atoms with Gasteiger partial charge in [0.25, 0.3) is 0 Å². The smallest absolute Gasteiger partial charge is 0.106 e. The minimum atomic E-state index is 0.719. The second-order valence-electron chi connectivity index (χ2n) is 7.60. The average Bonchev–Trinajstić information content (AvgIpc) is 3.02. The van der Waals surface area contributed by atoms with Gasteiger partial charge in [0.2, 0.25) is 0 Å². The molecule has 2 fully saturated rings. The van der Waals surface area contributed by atoms with Crippen molar-refractivity contribution < 1.29 is 4.84 Å². The van der Waals surface area contributed by atoms with Crippen molar-refractivity contribution in [3.05, 3.63) is 48.0 Å². The molecule has 0 saturated heterocycles. The molecule has 4 atom stereocenters. The van der Waals surface area contributed by atoms with E-state index in [9.17, 15) is 0 Å². The van der Waals surface area contributed by atoms with Crippen molar-refractivity contribution in [1.82, 2.24) is 0 Å². The van der Waals surface area contributed by atoms with Crippen LogP contribution >= 0.6 is 0 Å². The van der Waals surface area contributed by atoms with Crippen molar-refractivity contribution in [2.75, 3.05) is 7.11 Å². The summed E-state index contributed by atoms with van der Waals surface area (Å²) < 4.78 is 0. The van der Waals surface area contributed by atoms with Gasteiger partial charge in [0, 0.05) is 6.21 Å². The number of nitrogens with zero attached hydrogens (tertiary/aromatic N) is 1. The van der Waals surface area contributed by atoms with Crippen molar-refractivity contribution in [2.45, 2.75) is 44.4 Å². The first kappa shape index (κ1) is 15.7. The molecule has 24 heavy (non-hydrogen) atoms. The van der Waals surface area contributed by atoms with Crippen LogP contribution in [0.2, 0.25) is 0 Å². The number of fused-ring (bicyclic) bond motifs is 3. The first-order valence-corrected chi connectivity index (χ1v) is 9.39. The molecule has 2 aromatic rings. The van der Waals surface area contributed by atoms with Crippen LogP contribution in [-0.2, 0) is 4.84 Å². The Morgan fingerprint density at radius 3 is 2.83 bits per heavy atom. The molecule has 126 valence electrons. The Labute approximate surface area is 144 Å². The third-order valence-electron chi connectivity index (χ3n) is 6.30. The standard InChI is InChI=1S/C22H27NO/c1-24-23-12-4-7-21-19-9-8-16(13-19)14-22(21)20-11-10-17-5-2-3-6-18(17)15-20/h2-3,5-6,10-12,15-16,19,21-22H,4,7-9,13-14H2,1H3/t16?,19?,21-,22+/m1/s1. The number of benzene rings is 2. The van der Waals surface area contributed by atoms with E-state index < -0.39 is 0 Å². The van der Waals surface area contributed by atoms with E-state index in [-0.39, 0.29) is 0 Å². The van der Waals surface area contributed by atoms with Gasteiger partial charge in [-0.2, -0.15) is 0 Å². The summed E-state index contributed by atoms with van der Waals surface area (Å²) in [5.74, 6) is 3.39. The third-order valence-corrected chi connectivity index (χ3v) is 6.30. The van der Waals surface area contributed by atoms with Crippen molar-refractivity contribution in [1.29, 1.82) is 0 Å². The lowest BCUT2D eigenvalue weighted by Crippen LogP contribution is -2.26. The van der Waals surface area contributed by atoms with Crippen LogP contribution in [0.3, 0.4) is 0 Å². The summed E-state index contributed by atoms with van der Waals surface area (Å²) in [6.45, 7) is 0. The van der Waals surface area contributed by atoms with E-state index in [1.165, 1.54) is 42.9 Å². The van der Waals surface area contributed by atoms with Crippen LogP contribution in [0.15, 0.2) is 47.6 Å². The van der Waals surface area contributed by atoms with Gasteiger partial charge in [-0.3, -0.25) is 0 Å². The van der Waals surface area contributed by atoms with Gasteiger partial charge >= 0.3 is 0 Å². The molecule has 2 nitrogen and oxygen atoms in total. The van der Waals surface area contributed by atoms with E-state index in [1.54, 1.807) is 12.7 Å². The summed E-state index contributed by atoms with van der Waals surface area (Å²) in [5, 5.41) is 6.66. The number of hydrogen-bond acceptors (Lipinski definition) is 2. The zero-order valence-electron chi connectivity index (χ0n) is 14.5. The van der Waals surface area contributed by atoms with E-state index in [4.69, 9.17) is 4.84 Å². The van der Waals surface area contributed by atoms with Gasteiger partial charge in [-0.1, -0.05) is 54.0 Å². The summed E-state index contributed by atoms with van der Waals surface area (Å²) >= 11 is 0. The highest BCUT2D eigenvalue weighted by molar-refractivity contribution is 5.83. The molecular weight excluding hydrogens is 294 g/mol. The van der Waals surface area contributed by atoms with Gasteiger partial charge in [0.15, 0.2) is 0 Å². The maximum absolute atomic E-state index is 4.82. The quantitative estimate of drug-likeness (QED) is 0.506. The van der Waals surface area contributed by atoms with Gasteiger partial charge in [0.1, 0.15) is 7.11 Å². The lowest BCUT2D eigenvalue weighted by atomic mass is 9.68. The maximum atomic E-state index is 4.82. The van der Waals surface area contributed by atoms with Gasteiger partial charge in [-0.15, -0.1) is 0 Å². The monoisotopic (exact) mass is 321 g/mol. The Morgan fingerprint density at radius 2 is 1.96 bits per heavy atom. The van der Waals surface area contributed by atoms with Crippen LogP contribution in [-0.4, -0.2) is 13.3 Å². The molecule has 2 unspecified atom stereocenters. The van der Waals surface area contributed by atoms with E-state index in [2.05, 4.69) is 47.6 Å². The molecule has 4 rings (SSSR count). The number of hydrogen-bond donors (Lipinski definition) is 0. The highest BCUT2D eigenvalue weighted by atomic mass is 16.6. The SMILES string of the molecule is CON=CCC[C@@H]1C2CCC(C2)C[C@H]1c1ccc2ccccc2c1. The lowest BCUT2D eigenvalue weighted by Gasteiger charge is -2.37. The Bertz CT molecular complexity index is 723. The van der Waals surface area contributed by atoms with Crippen molar-refractivity contribution >= 4 is 17.0 Å². The van der Waals surface area contributed by atoms with E-state index >= 15 is 0 Å². The predicted octanol–water partition coefficient (Wildman–Crippen LogP) is 5.77. The molecule has 2 aromatic carbocycles. The third kappa shape index (κ3) is 3.07. The Balaban J connectivity index is 1.60. The fourth-order valence-electron chi connectivity index (χ4n) is 5.23. The number of rotatable bonds is 5. The van der Waals surface area contributed by atoms with Crippen LogP contribution in [0.1, 0.15) is 50.0 Å². The minimum Gasteiger partial charge on any atom is -0.399 e. The van der Waals surface area contributed by atoms with Gasteiger partial charge in [0.05, 0.1) is 0 Å². The predicted molar refractivity (Wildman–Crippen MR) is 100 cm³/mol. The minimum absolute atomic E-state index is 0.719. The normalized spacial score (nSPS) is 29.4. The first-order chi connectivity index (χ1) is 11.8. The molecule has 0 radical (unpaired) electrons. The highest BCUT2D eigenvalue weighted by Crippen LogP contribution is 2.53. The van der Waals surface area contributed by atoms with Crippen molar-refractivity contribution in [3.63, 3.8) is 0 Å². The Hall–Kier alpha value is -1.83. The Morgan fingerprint density at radius 1 is 1.08 bits per heavy atom. The zero-order chi connectivity index (χ0) is 16.4. The Kier molecular flexibility index (Phi) is 4.55. The molecule has 2 heteroatoms. The van der Waals surface area contributed by atoms with E-state index in [1.807, 2.05) is 6.21 Å². The van der Waals surface area contributed by atoms with Crippen LogP contribution in [0, 0.1) is 17.8 Å². The lowest BCUT2D eigenvalue weighted by molar-refractivity contribution is 0.197. The van der Waals surface area contributed by atoms with Gasteiger partial charge in [-0.05, 0) is 72.1 Å². The number of oxime groups is 1. The fraction of sp³-hybridized carbons (Fsp3) is 0.500. The first-order valence-electron chi connectivity index (χ1n) is 9.39. The van der Waals surface area contributed by atoms with Crippen LogP contribution in [0.5, 0.6) is 0 Å². The molecule has 2 aliphatic carbocycles. The molecule has 0 aromatic heterocycles. The van der Waals surface area contributed by atoms with E-state index in [0.29, 0.717) is 0 Å². The summed E-state index contributed by atoms with van der Waals surface area (Å²) in [7, 11) is 1.62. The average molecular weight is 321 g/mol. The summed E-state index contributed by atoms with van der Waals surface area (Å²) in [5.41, 5.74) is 1.55. The van der Waals surface area contributed by atoms with Crippen LogP contribution < -0.4 is 0 Å². The van der Waals surface area contributed by atoms with E-state index in [0.717, 1.165) is 30.1 Å². The summed E-state index contributed by atoms with van der Waals surface area (Å²) in [4.78, 5) is 4.82. The summed E-state index contributed by atoms with van der Waals surface area (Å²) in [6.07, 6.45) is 9.92.